The first-order valence-electron chi connectivity index (χ1n) is 4.96. The minimum Gasteiger partial charge on any atom is -0.493 e. The van der Waals surface area contributed by atoms with E-state index in [9.17, 15) is 5.11 Å². The van der Waals surface area contributed by atoms with Gasteiger partial charge in [-0.3, -0.25) is 0 Å². The van der Waals surface area contributed by atoms with Crippen LogP contribution in [0.3, 0.4) is 0 Å². The Hall–Kier alpha value is -1.58. The van der Waals surface area contributed by atoms with Crippen LogP contribution in [0.25, 0.3) is 0 Å². The predicted octanol–water partition coefficient (Wildman–Crippen LogP) is 2.02. The van der Waals surface area contributed by atoms with Crippen molar-refractivity contribution in [1.82, 2.24) is 9.88 Å². The minimum atomic E-state index is 0.0790. The fourth-order valence-corrected chi connectivity index (χ4v) is 1.05. The van der Waals surface area contributed by atoms with E-state index in [4.69, 9.17) is 0 Å². The van der Waals surface area contributed by atoms with E-state index >= 15 is 0 Å². The molecule has 1 N–H and O–H groups in total. The molecule has 0 saturated heterocycles. The fraction of sp³-hybridized carbons (Fsp3) is 0.455. The summed E-state index contributed by atoms with van der Waals surface area (Å²) >= 11 is 0. The van der Waals surface area contributed by atoms with Crippen molar-refractivity contribution in [3.05, 3.63) is 17.3 Å². The Bertz CT molecular complexity index is 374. The summed E-state index contributed by atoms with van der Waals surface area (Å²) in [4.78, 5) is 10.3. The second-order valence-electron chi connectivity index (χ2n) is 3.55. The second kappa shape index (κ2) is 4.77. The maximum absolute atomic E-state index is 9.37. The molecule has 0 bridgehead atoms. The average molecular weight is 207 g/mol. The Labute approximate surface area is 90.3 Å². The first-order valence-corrected chi connectivity index (χ1v) is 4.96. The Kier molecular flexibility index (Phi) is 3.66. The Morgan fingerprint density at radius 3 is 2.80 bits per heavy atom. The van der Waals surface area contributed by atoms with E-state index in [0.29, 0.717) is 0 Å². The van der Waals surface area contributed by atoms with Gasteiger partial charge in [0.1, 0.15) is 0 Å². The SMILES string of the molecule is CCN(C)/C=N/c1cc(C)c(O)nc1C. The van der Waals surface area contributed by atoms with Crippen LogP contribution in [0.5, 0.6) is 5.88 Å². The molecule has 0 amide bonds. The Morgan fingerprint density at radius 1 is 1.53 bits per heavy atom. The number of aromatic hydroxyl groups is 1. The van der Waals surface area contributed by atoms with Crippen LogP contribution in [0.15, 0.2) is 11.1 Å². The van der Waals surface area contributed by atoms with Crippen molar-refractivity contribution in [3.8, 4) is 5.88 Å². The number of aryl methyl sites for hydroxylation is 2. The van der Waals surface area contributed by atoms with E-state index in [1.807, 2.05) is 31.9 Å². The molecule has 0 saturated carbocycles. The van der Waals surface area contributed by atoms with E-state index in [0.717, 1.165) is 23.5 Å². The van der Waals surface area contributed by atoms with Gasteiger partial charge in [-0.1, -0.05) is 0 Å². The van der Waals surface area contributed by atoms with Gasteiger partial charge in [0, 0.05) is 19.2 Å². The lowest BCUT2D eigenvalue weighted by Crippen LogP contribution is -2.14. The first-order chi connectivity index (χ1) is 7.04. The molecule has 15 heavy (non-hydrogen) atoms. The molecule has 0 atom stereocenters. The van der Waals surface area contributed by atoms with Gasteiger partial charge in [-0.05, 0) is 26.8 Å². The van der Waals surface area contributed by atoms with Crippen molar-refractivity contribution in [3.63, 3.8) is 0 Å². The summed E-state index contributed by atoms with van der Waals surface area (Å²) in [6.45, 7) is 6.61. The molecule has 1 aromatic rings. The molecule has 4 heteroatoms. The number of hydrogen-bond donors (Lipinski definition) is 1. The standard InChI is InChI=1S/C11H17N3O/c1-5-14(4)7-12-10-6-8(2)11(15)13-9(10)3/h6-7H,5H2,1-4H3,(H,13,15)/b12-7+. The van der Waals surface area contributed by atoms with Crippen molar-refractivity contribution >= 4 is 12.0 Å². The van der Waals surface area contributed by atoms with Gasteiger partial charge in [0.15, 0.2) is 0 Å². The summed E-state index contributed by atoms with van der Waals surface area (Å²) in [6, 6.07) is 1.83. The van der Waals surface area contributed by atoms with E-state index < -0.39 is 0 Å². The van der Waals surface area contributed by atoms with Crippen molar-refractivity contribution in [1.29, 1.82) is 0 Å². The number of aromatic nitrogens is 1. The normalized spacial score (nSPS) is 10.9. The summed E-state index contributed by atoms with van der Waals surface area (Å²) in [5, 5.41) is 9.37. The second-order valence-corrected chi connectivity index (χ2v) is 3.55. The zero-order chi connectivity index (χ0) is 11.4. The largest absolute Gasteiger partial charge is 0.493 e. The highest BCUT2D eigenvalue weighted by Gasteiger charge is 2.03. The molecular formula is C11H17N3O. The molecule has 82 valence electrons. The third kappa shape index (κ3) is 2.94. The Morgan fingerprint density at radius 2 is 2.20 bits per heavy atom. The third-order valence-electron chi connectivity index (χ3n) is 2.24. The van der Waals surface area contributed by atoms with Gasteiger partial charge in [-0.2, -0.15) is 0 Å². The highest BCUT2D eigenvalue weighted by Crippen LogP contribution is 2.23. The zero-order valence-corrected chi connectivity index (χ0v) is 9.65. The smallest absolute Gasteiger partial charge is 0.214 e. The van der Waals surface area contributed by atoms with Crippen LogP contribution >= 0.6 is 0 Å². The number of aliphatic imine (C=N–C) groups is 1. The molecule has 0 aromatic carbocycles. The molecule has 0 aliphatic heterocycles. The molecular weight excluding hydrogens is 190 g/mol. The predicted molar refractivity (Wildman–Crippen MR) is 61.8 cm³/mol. The molecule has 4 nitrogen and oxygen atoms in total. The summed E-state index contributed by atoms with van der Waals surface area (Å²) < 4.78 is 0. The van der Waals surface area contributed by atoms with Crippen LogP contribution in [0.2, 0.25) is 0 Å². The third-order valence-corrected chi connectivity index (χ3v) is 2.24. The maximum atomic E-state index is 9.37. The summed E-state index contributed by atoms with van der Waals surface area (Å²) in [6.07, 6.45) is 1.76. The van der Waals surface area contributed by atoms with Crippen LogP contribution in [-0.2, 0) is 0 Å². The van der Waals surface area contributed by atoms with E-state index in [-0.39, 0.29) is 5.88 Å². The molecule has 0 unspecified atom stereocenters. The van der Waals surface area contributed by atoms with Crippen LogP contribution < -0.4 is 0 Å². The summed E-state index contributed by atoms with van der Waals surface area (Å²) in [7, 11) is 1.96. The van der Waals surface area contributed by atoms with Crippen molar-refractivity contribution in [2.24, 2.45) is 4.99 Å². The molecule has 0 aliphatic carbocycles. The summed E-state index contributed by atoms with van der Waals surface area (Å²) in [5.41, 5.74) is 2.27. The van der Waals surface area contributed by atoms with Gasteiger partial charge in [0.25, 0.3) is 0 Å². The number of nitrogens with zero attached hydrogens (tertiary/aromatic N) is 3. The quantitative estimate of drug-likeness (QED) is 0.609. The number of pyridine rings is 1. The van der Waals surface area contributed by atoms with E-state index in [1.165, 1.54) is 0 Å². The van der Waals surface area contributed by atoms with Crippen LogP contribution in [0, 0.1) is 13.8 Å². The van der Waals surface area contributed by atoms with Crippen LogP contribution in [-0.4, -0.2) is 34.9 Å². The van der Waals surface area contributed by atoms with Crippen LogP contribution in [0.4, 0.5) is 5.69 Å². The van der Waals surface area contributed by atoms with Crippen molar-refractivity contribution in [2.75, 3.05) is 13.6 Å². The minimum absolute atomic E-state index is 0.0790. The van der Waals surface area contributed by atoms with Crippen molar-refractivity contribution < 1.29 is 5.11 Å². The lowest BCUT2D eigenvalue weighted by molar-refractivity contribution is 0.448. The molecule has 1 aromatic heterocycles. The van der Waals surface area contributed by atoms with E-state index in [2.05, 4.69) is 16.9 Å². The summed E-state index contributed by atoms with van der Waals surface area (Å²) in [5.74, 6) is 0.0790. The monoisotopic (exact) mass is 207 g/mol. The fourth-order valence-electron chi connectivity index (χ4n) is 1.05. The van der Waals surface area contributed by atoms with Crippen LogP contribution in [0.1, 0.15) is 18.2 Å². The Balaban J connectivity index is 2.95. The molecule has 0 spiro atoms. The zero-order valence-electron chi connectivity index (χ0n) is 9.65. The lowest BCUT2D eigenvalue weighted by atomic mass is 10.2. The topological polar surface area (TPSA) is 48.7 Å². The van der Waals surface area contributed by atoms with Crippen molar-refractivity contribution in [2.45, 2.75) is 20.8 Å². The van der Waals surface area contributed by atoms with Gasteiger partial charge >= 0.3 is 0 Å². The van der Waals surface area contributed by atoms with Gasteiger partial charge in [-0.25, -0.2) is 9.98 Å². The van der Waals surface area contributed by atoms with Gasteiger partial charge in [0.2, 0.25) is 5.88 Å². The number of rotatable bonds is 3. The average Bonchev–Trinajstić information content (AvgIpc) is 2.21. The number of hydrogen-bond acceptors (Lipinski definition) is 3. The molecule has 0 fully saturated rings. The van der Waals surface area contributed by atoms with Gasteiger partial charge in [0.05, 0.1) is 17.7 Å². The molecule has 1 heterocycles. The molecule has 0 aliphatic rings. The van der Waals surface area contributed by atoms with E-state index in [1.54, 1.807) is 6.34 Å². The highest BCUT2D eigenvalue weighted by molar-refractivity contribution is 5.62. The highest BCUT2D eigenvalue weighted by atomic mass is 16.3. The molecule has 0 radical (unpaired) electrons. The van der Waals surface area contributed by atoms with Gasteiger partial charge in [-0.15, -0.1) is 0 Å². The lowest BCUT2D eigenvalue weighted by Gasteiger charge is -2.09. The molecule has 1 rings (SSSR count). The van der Waals surface area contributed by atoms with Gasteiger partial charge < -0.3 is 10.0 Å². The maximum Gasteiger partial charge on any atom is 0.214 e. The first kappa shape index (κ1) is 11.5.